The maximum Gasteiger partial charge on any atom is 0.416 e. The van der Waals surface area contributed by atoms with E-state index in [2.05, 4.69) is 5.32 Å². The number of rotatable bonds is 11. The van der Waals surface area contributed by atoms with E-state index >= 15 is 0 Å². The van der Waals surface area contributed by atoms with Crippen molar-refractivity contribution in [3.63, 3.8) is 0 Å². The Labute approximate surface area is 219 Å². The van der Waals surface area contributed by atoms with Gasteiger partial charge in [-0.15, -0.1) is 0 Å². The highest BCUT2D eigenvalue weighted by Crippen LogP contribution is 2.36. The molecule has 204 valence electrons. The van der Waals surface area contributed by atoms with Gasteiger partial charge in [-0.3, -0.25) is 13.9 Å². The largest absolute Gasteiger partial charge is 0.497 e. The van der Waals surface area contributed by atoms with Gasteiger partial charge in [0.1, 0.15) is 18.3 Å². The van der Waals surface area contributed by atoms with E-state index < -0.39 is 51.9 Å². The minimum absolute atomic E-state index is 0.0720. The van der Waals surface area contributed by atoms with Gasteiger partial charge in [-0.2, -0.15) is 13.2 Å². The van der Waals surface area contributed by atoms with Gasteiger partial charge in [0.2, 0.25) is 21.8 Å². The summed E-state index contributed by atoms with van der Waals surface area (Å²) < 4.78 is 70.7. The van der Waals surface area contributed by atoms with Gasteiger partial charge < -0.3 is 15.0 Å². The van der Waals surface area contributed by atoms with Crippen LogP contribution in [0.25, 0.3) is 0 Å². The zero-order valence-electron chi connectivity index (χ0n) is 20.8. The first kappa shape index (κ1) is 30.2. The SMILES string of the molecule is CCCNC(=O)[C@@H](C)N(Cc1ccc(OC)cc1)C(=O)CN(c1cc(C(F)(F)F)ccc1Cl)S(C)(=O)=O. The van der Waals surface area contributed by atoms with Crippen LogP contribution in [0.15, 0.2) is 42.5 Å². The Hall–Kier alpha value is -2.99. The van der Waals surface area contributed by atoms with Gasteiger partial charge in [0, 0.05) is 13.1 Å². The number of ether oxygens (including phenoxy) is 1. The minimum atomic E-state index is -4.77. The molecule has 37 heavy (non-hydrogen) atoms. The van der Waals surface area contributed by atoms with E-state index in [9.17, 15) is 31.2 Å². The predicted molar refractivity (Wildman–Crippen MR) is 135 cm³/mol. The molecule has 0 spiro atoms. The lowest BCUT2D eigenvalue weighted by atomic mass is 10.1. The average Bonchev–Trinajstić information content (AvgIpc) is 2.83. The topological polar surface area (TPSA) is 96.0 Å². The van der Waals surface area contributed by atoms with Crippen molar-refractivity contribution in [2.75, 3.05) is 30.8 Å². The third-order valence-electron chi connectivity index (χ3n) is 5.45. The monoisotopic (exact) mass is 563 g/mol. The number of alkyl halides is 3. The molecule has 2 amide bonds. The van der Waals surface area contributed by atoms with Gasteiger partial charge in [0.25, 0.3) is 0 Å². The summed E-state index contributed by atoms with van der Waals surface area (Å²) in [6, 6.07) is 7.85. The van der Waals surface area contributed by atoms with E-state index in [1.54, 1.807) is 24.3 Å². The summed E-state index contributed by atoms with van der Waals surface area (Å²) in [6.45, 7) is 2.75. The summed E-state index contributed by atoms with van der Waals surface area (Å²) in [5.74, 6) is -0.710. The Kier molecular flexibility index (Phi) is 10.2. The van der Waals surface area contributed by atoms with Crippen LogP contribution in [0, 0.1) is 0 Å². The number of methoxy groups -OCH3 is 1. The highest BCUT2D eigenvalue weighted by atomic mass is 35.5. The van der Waals surface area contributed by atoms with Crippen LogP contribution in [0.3, 0.4) is 0 Å². The Morgan fingerprint density at radius 1 is 1.14 bits per heavy atom. The van der Waals surface area contributed by atoms with E-state index in [1.165, 1.54) is 14.0 Å². The molecule has 13 heteroatoms. The number of amides is 2. The second-order valence-corrected chi connectivity index (χ2v) is 10.6. The number of carbonyl (C=O) groups excluding carboxylic acids is 2. The molecule has 0 saturated heterocycles. The Morgan fingerprint density at radius 3 is 2.27 bits per heavy atom. The van der Waals surface area contributed by atoms with Crippen LogP contribution in [0.1, 0.15) is 31.4 Å². The quantitative estimate of drug-likeness (QED) is 0.444. The van der Waals surface area contributed by atoms with Crippen LogP contribution in [0.2, 0.25) is 5.02 Å². The third kappa shape index (κ3) is 8.26. The molecule has 0 fully saturated rings. The molecule has 0 aliphatic heterocycles. The normalized spacial score (nSPS) is 12.5. The molecule has 0 saturated carbocycles. The van der Waals surface area contributed by atoms with E-state index in [0.717, 1.165) is 17.2 Å². The van der Waals surface area contributed by atoms with E-state index in [4.69, 9.17) is 16.3 Å². The average molecular weight is 564 g/mol. The Morgan fingerprint density at radius 2 is 1.76 bits per heavy atom. The molecule has 8 nitrogen and oxygen atoms in total. The fourth-order valence-electron chi connectivity index (χ4n) is 3.38. The van der Waals surface area contributed by atoms with Gasteiger partial charge in [-0.05, 0) is 49.2 Å². The number of sulfonamides is 1. The zero-order chi connectivity index (χ0) is 28.0. The number of benzene rings is 2. The molecular weight excluding hydrogens is 535 g/mol. The van der Waals surface area contributed by atoms with Crippen molar-refractivity contribution in [1.82, 2.24) is 10.2 Å². The molecule has 0 aliphatic carbocycles. The second kappa shape index (κ2) is 12.5. The van der Waals surface area contributed by atoms with Gasteiger partial charge in [-0.25, -0.2) is 8.42 Å². The number of hydrogen-bond donors (Lipinski definition) is 1. The van der Waals surface area contributed by atoms with Crippen LogP contribution < -0.4 is 14.4 Å². The van der Waals surface area contributed by atoms with Crippen molar-refractivity contribution in [1.29, 1.82) is 0 Å². The summed E-state index contributed by atoms with van der Waals surface area (Å²) in [4.78, 5) is 27.3. The molecular formula is C24H29ClF3N3O5S. The molecule has 0 aliphatic rings. The Balaban J connectivity index is 2.47. The van der Waals surface area contributed by atoms with Crippen molar-refractivity contribution in [2.45, 2.75) is 39.0 Å². The second-order valence-electron chi connectivity index (χ2n) is 8.27. The smallest absolute Gasteiger partial charge is 0.416 e. The number of halogens is 4. The van der Waals surface area contributed by atoms with Crippen molar-refractivity contribution in [3.05, 3.63) is 58.6 Å². The predicted octanol–water partition coefficient (Wildman–Crippen LogP) is 4.08. The van der Waals surface area contributed by atoms with Crippen molar-refractivity contribution >= 4 is 39.1 Å². The first-order valence-corrected chi connectivity index (χ1v) is 13.5. The van der Waals surface area contributed by atoms with Crippen molar-refractivity contribution in [2.24, 2.45) is 0 Å². The molecule has 2 aromatic carbocycles. The molecule has 0 unspecified atom stereocenters. The summed E-state index contributed by atoms with van der Waals surface area (Å²) in [5, 5.41) is 2.40. The fourth-order valence-corrected chi connectivity index (χ4v) is 4.50. The third-order valence-corrected chi connectivity index (χ3v) is 6.90. The number of carbonyl (C=O) groups is 2. The summed E-state index contributed by atoms with van der Waals surface area (Å²) in [5.41, 5.74) is -1.01. The van der Waals surface area contributed by atoms with Gasteiger partial charge in [0.15, 0.2) is 0 Å². The summed E-state index contributed by atoms with van der Waals surface area (Å²) in [6.07, 6.45) is -3.36. The van der Waals surface area contributed by atoms with Crippen LogP contribution in [0.5, 0.6) is 5.75 Å². The van der Waals surface area contributed by atoms with E-state index in [1.807, 2.05) is 6.92 Å². The molecule has 1 atom stereocenters. The number of nitrogens with zero attached hydrogens (tertiary/aromatic N) is 2. The maximum atomic E-state index is 13.5. The van der Waals surface area contributed by atoms with Crippen LogP contribution in [-0.2, 0) is 32.3 Å². The lowest BCUT2D eigenvalue weighted by Crippen LogP contribution is -2.51. The number of hydrogen-bond acceptors (Lipinski definition) is 5. The van der Waals surface area contributed by atoms with Crippen LogP contribution in [0.4, 0.5) is 18.9 Å². The molecule has 2 aromatic rings. The molecule has 0 radical (unpaired) electrons. The lowest BCUT2D eigenvalue weighted by Gasteiger charge is -2.32. The minimum Gasteiger partial charge on any atom is -0.497 e. The van der Waals surface area contributed by atoms with Gasteiger partial charge in [0.05, 0.1) is 29.6 Å². The maximum absolute atomic E-state index is 13.5. The first-order valence-electron chi connectivity index (χ1n) is 11.2. The molecule has 1 N–H and O–H groups in total. The molecule has 0 bridgehead atoms. The zero-order valence-corrected chi connectivity index (χ0v) is 22.4. The van der Waals surface area contributed by atoms with Gasteiger partial charge >= 0.3 is 6.18 Å². The number of anilines is 1. The van der Waals surface area contributed by atoms with E-state index in [-0.39, 0.29) is 11.6 Å². The Bertz CT molecular complexity index is 1210. The summed E-state index contributed by atoms with van der Waals surface area (Å²) in [7, 11) is -2.77. The van der Waals surface area contributed by atoms with Crippen molar-refractivity contribution < 1.29 is 35.9 Å². The highest BCUT2D eigenvalue weighted by molar-refractivity contribution is 7.92. The van der Waals surface area contributed by atoms with Crippen molar-refractivity contribution in [3.8, 4) is 5.75 Å². The first-order chi connectivity index (χ1) is 17.2. The van der Waals surface area contributed by atoms with E-state index in [0.29, 0.717) is 40.7 Å². The van der Waals surface area contributed by atoms with Crippen LogP contribution >= 0.6 is 11.6 Å². The number of nitrogens with one attached hydrogen (secondary N) is 1. The highest BCUT2D eigenvalue weighted by Gasteiger charge is 2.34. The lowest BCUT2D eigenvalue weighted by molar-refractivity contribution is -0.139. The van der Waals surface area contributed by atoms with Gasteiger partial charge in [-0.1, -0.05) is 30.7 Å². The summed E-state index contributed by atoms with van der Waals surface area (Å²) >= 11 is 6.06. The molecule has 0 heterocycles. The molecule has 2 rings (SSSR count). The fraction of sp³-hybridized carbons (Fsp3) is 0.417. The molecule has 0 aromatic heterocycles. The van der Waals surface area contributed by atoms with Crippen LogP contribution in [-0.4, -0.2) is 57.6 Å². The standard InChI is InChI=1S/C24H29ClF3N3O5S/c1-5-12-29-23(33)16(2)30(14-17-6-9-19(36-3)10-7-17)22(32)15-31(37(4,34)35)21-13-18(24(26,27)28)8-11-20(21)25/h6-11,13,16H,5,12,14-15H2,1-4H3,(H,29,33)/t16-/m1/s1.